The van der Waals surface area contributed by atoms with Crippen LogP contribution in [-0.4, -0.2) is 44.1 Å². The number of anilines is 1. The predicted molar refractivity (Wildman–Crippen MR) is 89.8 cm³/mol. The molecule has 118 valence electrons. The van der Waals surface area contributed by atoms with Crippen LogP contribution in [0.2, 0.25) is 0 Å². The maximum Gasteiger partial charge on any atom is 0.0865 e. The molecule has 0 amide bonds. The normalized spacial score (nSPS) is 17.7. The van der Waals surface area contributed by atoms with Crippen molar-refractivity contribution in [2.75, 3.05) is 38.3 Å². The second-order valence-corrected chi connectivity index (χ2v) is 6.60. The molecule has 1 aromatic carbocycles. The van der Waals surface area contributed by atoms with Crippen molar-refractivity contribution in [2.45, 2.75) is 31.9 Å². The Labute approximate surface area is 135 Å². The average Bonchev–Trinajstić information content (AvgIpc) is 2.46. The number of hydrogen-bond donors (Lipinski definition) is 2. The summed E-state index contributed by atoms with van der Waals surface area (Å²) in [5, 5.41) is 13.9. The van der Waals surface area contributed by atoms with Crippen LogP contribution in [-0.2, 0) is 11.3 Å². The zero-order valence-electron chi connectivity index (χ0n) is 12.9. The molecular formula is C16H25BrN2O2. The van der Waals surface area contributed by atoms with Crippen molar-refractivity contribution in [1.82, 2.24) is 5.32 Å². The molecule has 0 aromatic heterocycles. The molecule has 1 aromatic rings. The Bertz CT molecular complexity index is 462. The molecule has 0 saturated carbocycles. The van der Waals surface area contributed by atoms with Crippen LogP contribution in [0.25, 0.3) is 0 Å². The van der Waals surface area contributed by atoms with Crippen LogP contribution in [0.5, 0.6) is 0 Å². The lowest BCUT2D eigenvalue weighted by atomic mass is 9.94. The second kappa shape index (κ2) is 7.58. The second-order valence-electron chi connectivity index (χ2n) is 5.75. The third-order valence-electron chi connectivity index (χ3n) is 4.00. The number of nitrogens with one attached hydrogen (secondary N) is 1. The van der Waals surface area contributed by atoms with E-state index in [0.29, 0.717) is 32.6 Å². The van der Waals surface area contributed by atoms with Crippen molar-refractivity contribution in [2.24, 2.45) is 0 Å². The van der Waals surface area contributed by atoms with E-state index in [9.17, 15) is 5.11 Å². The first-order valence-corrected chi connectivity index (χ1v) is 8.34. The lowest BCUT2D eigenvalue weighted by Gasteiger charge is -2.36. The van der Waals surface area contributed by atoms with Gasteiger partial charge in [-0.2, -0.15) is 0 Å². The average molecular weight is 357 g/mol. The summed E-state index contributed by atoms with van der Waals surface area (Å²) in [6.45, 7) is 5.86. The molecule has 0 atom stereocenters. The summed E-state index contributed by atoms with van der Waals surface area (Å²) >= 11 is 3.64. The van der Waals surface area contributed by atoms with Crippen molar-refractivity contribution >= 4 is 21.6 Å². The number of halogens is 1. The Morgan fingerprint density at radius 2 is 2.10 bits per heavy atom. The maximum absolute atomic E-state index is 10.6. The highest BCUT2D eigenvalue weighted by atomic mass is 79.9. The van der Waals surface area contributed by atoms with Crippen molar-refractivity contribution in [1.29, 1.82) is 0 Å². The van der Waals surface area contributed by atoms with Gasteiger partial charge in [0.1, 0.15) is 0 Å². The summed E-state index contributed by atoms with van der Waals surface area (Å²) in [7, 11) is 2.03. The maximum atomic E-state index is 10.6. The van der Waals surface area contributed by atoms with E-state index in [2.05, 4.69) is 51.3 Å². The molecule has 0 aliphatic carbocycles. The number of benzene rings is 1. The lowest BCUT2D eigenvalue weighted by Crippen LogP contribution is -2.45. The summed E-state index contributed by atoms with van der Waals surface area (Å²) in [5.41, 5.74) is 1.72. The molecule has 1 saturated heterocycles. The predicted octanol–water partition coefficient (Wildman–Crippen LogP) is 2.54. The molecule has 2 rings (SSSR count). The van der Waals surface area contributed by atoms with E-state index in [4.69, 9.17) is 4.74 Å². The standard InChI is InChI=1S/C16H25BrN2O2/c1-3-18-11-13-4-5-14(10-15(13)17)19(2)12-16(20)6-8-21-9-7-16/h4-5,10,18,20H,3,6-9,11-12H2,1-2H3. The molecule has 0 unspecified atom stereocenters. The smallest absolute Gasteiger partial charge is 0.0865 e. The van der Waals surface area contributed by atoms with Gasteiger partial charge in [-0.25, -0.2) is 0 Å². The van der Waals surface area contributed by atoms with Gasteiger partial charge >= 0.3 is 0 Å². The van der Waals surface area contributed by atoms with E-state index in [1.54, 1.807) is 0 Å². The largest absolute Gasteiger partial charge is 0.388 e. The van der Waals surface area contributed by atoms with Crippen LogP contribution in [0.1, 0.15) is 25.3 Å². The molecule has 4 nitrogen and oxygen atoms in total. The molecule has 21 heavy (non-hydrogen) atoms. The molecular weight excluding hydrogens is 332 g/mol. The Morgan fingerprint density at radius 1 is 1.38 bits per heavy atom. The molecule has 1 heterocycles. The minimum atomic E-state index is -0.637. The highest BCUT2D eigenvalue weighted by Crippen LogP contribution is 2.27. The number of aliphatic hydroxyl groups is 1. The van der Waals surface area contributed by atoms with Crippen LogP contribution in [0.4, 0.5) is 5.69 Å². The fourth-order valence-electron chi connectivity index (χ4n) is 2.62. The topological polar surface area (TPSA) is 44.7 Å². The van der Waals surface area contributed by atoms with Crippen LogP contribution in [0.15, 0.2) is 22.7 Å². The lowest BCUT2D eigenvalue weighted by molar-refractivity contribution is -0.0572. The molecule has 0 radical (unpaired) electrons. The fourth-order valence-corrected chi connectivity index (χ4v) is 3.13. The third kappa shape index (κ3) is 4.68. The van der Waals surface area contributed by atoms with Crippen LogP contribution in [0, 0.1) is 0 Å². The zero-order chi connectivity index (χ0) is 15.3. The van der Waals surface area contributed by atoms with Gasteiger partial charge in [-0.1, -0.05) is 28.9 Å². The van der Waals surface area contributed by atoms with Gasteiger partial charge in [-0.3, -0.25) is 0 Å². The molecule has 2 N–H and O–H groups in total. The van der Waals surface area contributed by atoms with Gasteiger partial charge in [-0.15, -0.1) is 0 Å². The Hall–Kier alpha value is -0.620. The summed E-state index contributed by atoms with van der Waals surface area (Å²) in [6.07, 6.45) is 1.41. The highest BCUT2D eigenvalue weighted by molar-refractivity contribution is 9.10. The number of likely N-dealkylation sites (N-methyl/N-ethyl adjacent to an activating group) is 1. The van der Waals surface area contributed by atoms with Crippen molar-refractivity contribution in [3.05, 3.63) is 28.2 Å². The first kappa shape index (κ1) is 16.7. The Kier molecular flexibility index (Phi) is 6.05. The minimum Gasteiger partial charge on any atom is -0.388 e. The van der Waals surface area contributed by atoms with Gasteiger partial charge in [0.2, 0.25) is 0 Å². The van der Waals surface area contributed by atoms with Gasteiger partial charge in [0, 0.05) is 56.4 Å². The SMILES string of the molecule is CCNCc1ccc(N(C)CC2(O)CCOCC2)cc1Br. The molecule has 1 aliphatic rings. The van der Waals surface area contributed by atoms with Crippen LogP contribution < -0.4 is 10.2 Å². The Balaban J connectivity index is 2.01. The van der Waals surface area contributed by atoms with E-state index in [1.807, 2.05) is 7.05 Å². The molecule has 5 heteroatoms. The van der Waals surface area contributed by atoms with Crippen molar-refractivity contribution < 1.29 is 9.84 Å². The van der Waals surface area contributed by atoms with E-state index in [0.717, 1.165) is 23.2 Å². The van der Waals surface area contributed by atoms with Gasteiger partial charge in [0.05, 0.1) is 5.60 Å². The van der Waals surface area contributed by atoms with E-state index in [1.165, 1.54) is 5.56 Å². The fraction of sp³-hybridized carbons (Fsp3) is 0.625. The van der Waals surface area contributed by atoms with Gasteiger partial charge in [-0.05, 0) is 24.2 Å². The number of ether oxygens (including phenoxy) is 1. The summed E-state index contributed by atoms with van der Waals surface area (Å²) in [6, 6.07) is 6.36. The summed E-state index contributed by atoms with van der Waals surface area (Å²) in [4.78, 5) is 2.12. The number of nitrogens with zero attached hydrogens (tertiary/aromatic N) is 1. The van der Waals surface area contributed by atoms with E-state index >= 15 is 0 Å². The summed E-state index contributed by atoms with van der Waals surface area (Å²) in [5.74, 6) is 0. The van der Waals surface area contributed by atoms with Gasteiger partial charge < -0.3 is 20.1 Å². The molecule has 0 bridgehead atoms. The highest BCUT2D eigenvalue weighted by Gasteiger charge is 2.31. The van der Waals surface area contributed by atoms with E-state index in [-0.39, 0.29) is 0 Å². The number of hydrogen-bond acceptors (Lipinski definition) is 4. The zero-order valence-corrected chi connectivity index (χ0v) is 14.4. The third-order valence-corrected chi connectivity index (χ3v) is 4.74. The van der Waals surface area contributed by atoms with Gasteiger partial charge in [0.25, 0.3) is 0 Å². The monoisotopic (exact) mass is 356 g/mol. The number of rotatable bonds is 6. The van der Waals surface area contributed by atoms with Crippen LogP contribution >= 0.6 is 15.9 Å². The van der Waals surface area contributed by atoms with Gasteiger partial charge in [0.15, 0.2) is 0 Å². The molecule has 1 aliphatic heterocycles. The molecule has 0 spiro atoms. The first-order valence-electron chi connectivity index (χ1n) is 7.54. The van der Waals surface area contributed by atoms with Crippen molar-refractivity contribution in [3.8, 4) is 0 Å². The quantitative estimate of drug-likeness (QED) is 0.821. The minimum absolute atomic E-state index is 0.634. The van der Waals surface area contributed by atoms with Crippen molar-refractivity contribution in [3.63, 3.8) is 0 Å². The Morgan fingerprint density at radius 3 is 2.71 bits per heavy atom. The van der Waals surface area contributed by atoms with Crippen LogP contribution in [0.3, 0.4) is 0 Å². The summed E-state index contributed by atoms with van der Waals surface area (Å²) < 4.78 is 6.44. The molecule has 1 fully saturated rings. The first-order chi connectivity index (χ1) is 10.0. The van der Waals surface area contributed by atoms with E-state index < -0.39 is 5.60 Å².